The van der Waals surface area contributed by atoms with Crippen LogP contribution in [-0.2, 0) is 4.74 Å². The summed E-state index contributed by atoms with van der Waals surface area (Å²) in [6, 6.07) is 2.22. The third kappa shape index (κ3) is 4.65. The van der Waals surface area contributed by atoms with E-state index >= 15 is 0 Å². The van der Waals surface area contributed by atoms with E-state index in [1.165, 1.54) is 31.4 Å². The second kappa shape index (κ2) is 8.74. The van der Waals surface area contributed by atoms with Gasteiger partial charge in [-0.3, -0.25) is 0 Å². The van der Waals surface area contributed by atoms with Gasteiger partial charge in [0.25, 0.3) is 0 Å². The summed E-state index contributed by atoms with van der Waals surface area (Å²) in [6.07, 6.45) is 4.93. The molecular weight excluding hydrogens is 304 g/mol. The summed E-state index contributed by atoms with van der Waals surface area (Å²) in [7, 11) is 0. The Morgan fingerprint density at radius 3 is 2.79 bits per heavy atom. The first-order valence-electron chi connectivity index (χ1n) is 9.28. The minimum atomic E-state index is 0.0993. The molecule has 0 aromatic carbocycles. The van der Waals surface area contributed by atoms with Crippen LogP contribution in [0.2, 0.25) is 0 Å². The monoisotopic (exact) mass is 334 g/mol. The number of ether oxygens (including phenoxy) is 1. The number of aliphatic hydroxyl groups is 1. The van der Waals surface area contributed by atoms with Crippen molar-refractivity contribution >= 4 is 5.82 Å². The van der Waals surface area contributed by atoms with Crippen LogP contribution in [-0.4, -0.2) is 72.5 Å². The number of aliphatic hydroxyl groups excluding tert-OH is 1. The van der Waals surface area contributed by atoms with Crippen molar-refractivity contribution < 1.29 is 9.84 Å². The van der Waals surface area contributed by atoms with Crippen LogP contribution in [0.5, 0.6) is 0 Å². The lowest BCUT2D eigenvalue weighted by Gasteiger charge is -2.32. The third-order valence-electron chi connectivity index (χ3n) is 4.99. The van der Waals surface area contributed by atoms with Crippen LogP contribution in [0, 0.1) is 6.92 Å². The summed E-state index contributed by atoms with van der Waals surface area (Å²) in [6.45, 7) is 8.56. The predicted molar refractivity (Wildman–Crippen MR) is 94.5 cm³/mol. The number of aryl methyl sites for hydroxylation is 1. The second-order valence-corrected chi connectivity index (χ2v) is 6.87. The molecule has 1 aromatic rings. The van der Waals surface area contributed by atoms with Crippen LogP contribution in [0.1, 0.15) is 43.1 Å². The maximum absolute atomic E-state index is 8.78. The third-order valence-corrected chi connectivity index (χ3v) is 4.99. The fourth-order valence-corrected chi connectivity index (χ4v) is 3.75. The Morgan fingerprint density at radius 2 is 2.00 bits per heavy atom. The summed E-state index contributed by atoms with van der Waals surface area (Å²) in [5.74, 6) is 2.48. The highest BCUT2D eigenvalue weighted by atomic mass is 16.5. The summed E-state index contributed by atoms with van der Waals surface area (Å²) in [5.41, 5.74) is 1.20. The van der Waals surface area contributed by atoms with E-state index in [0.29, 0.717) is 19.1 Å². The van der Waals surface area contributed by atoms with Crippen molar-refractivity contribution in [2.24, 2.45) is 0 Å². The first kappa shape index (κ1) is 17.6. The molecule has 0 unspecified atom stereocenters. The van der Waals surface area contributed by atoms with E-state index < -0.39 is 0 Å². The molecule has 0 spiro atoms. The van der Waals surface area contributed by atoms with Gasteiger partial charge in [0.2, 0.25) is 0 Å². The molecule has 134 valence electrons. The lowest BCUT2D eigenvalue weighted by Crippen LogP contribution is -2.37. The van der Waals surface area contributed by atoms with Crippen molar-refractivity contribution in [1.82, 2.24) is 14.9 Å². The molecule has 2 saturated heterocycles. The highest BCUT2D eigenvalue weighted by Gasteiger charge is 2.24. The van der Waals surface area contributed by atoms with Crippen LogP contribution in [0.3, 0.4) is 0 Å². The molecule has 0 aliphatic carbocycles. The largest absolute Gasteiger partial charge is 0.394 e. The first-order chi connectivity index (χ1) is 11.8. The Labute approximate surface area is 144 Å². The van der Waals surface area contributed by atoms with Crippen molar-refractivity contribution in [3.8, 4) is 0 Å². The number of likely N-dealkylation sites (tertiary alicyclic amines) is 1. The SMILES string of the molecule is Cc1nc([C@H]2CCCN(CCOCCO)C2)cc(N2CCCC2)n1. The lowest BCUT2D eigenvalue weighted by molar-refractivity contribution is 0.0670. The summed E-state index contributed by atoms with van der Waals surface area (Å²) in [4.78, 5) is 14.2. The minimum absolute atomic E-state index is 0.0993. The highest BCUT2D eigenvalue weighted by Crippen LogP contribution is 2.28. The van der Waals surface area contributed by atoms with Crippen molar-refractivity contribution in [1.29, 1.82) is 0 Å². The Balaban J connectivity index is 1.62. The lowest BCUT2D eigenvalue weighted by atomic mass is 9.94. The molecule has 24 heavy (non-hydrogen) atoms. The topological polar surface area (TPSA) is 61.7 Å². The van der Waals surface area contributed by atoms with Gasteiger partial charge in [-0.2, -0.15) is 0 Å². The molecule has 0 saturated carbocycles. The predicted octanol–water partition coefficient (Wildman–Crippen LogP) is 1.57. The number of piperidine rings is 1. The van der Waals surface area contributed by atoms with Gasteiger partial charge in [-0.05, 0) is 39.2 Å². The summed E-state index contributed by atoms with van der Waals surface area (Å²) in [5, 5.41) is 8.78. The van der Waals surface area contributed by atoms with Gasteiger partial charge in [-0.15, -0.1) is 0 Å². The van der Waals surface area contributed by atoms with Gasteiger partial charge in [0.15, 0.2) is 0 Å². The molecule has 6 heteroatoms. The normalized spacial score (nSPS) is 22.2. The van der Waals surface area contributed by atoms with Crippen LogP contribution in [0.15, 0.2) is 6.07 Å². The van der Waals surface area contributed by atoms with Crippen molar-refractivity contribution in [3.63, 3.8) is 0 Å². The Kier molecular flexibility index (Phi) is 6.40. The van der Waals surface area contributed by atoms with Crippen molar-refractivity contribution in [2.75, 3.05) is 57.4 Å². The molecule has 1 atom stereocenters. The van der Waals surface area contributed by atoms with Gasteiger partial charge < -0.3 is 19.6 Å². The van der Waals surface area contributed by atoms with Crippen molar-refractivity contribution in [2.45, 2.75) is 38.5 Å². The van der Waals surface area contributed by atoms with Crippen LogP contribution in [0.25, 0.3) is 0 Å². The van der Waals surface area contributed by atoms with Gasteiger partial charge in [0.05, 0.1) is 25.5 Å². The van der Waals surface area contributed by atoms with Crippen molar-refractivity contribution in [3.05, 3.63) is 17.6 Å². The van der Waals surface area contributed by atoms with Gasteiger partial charge >= 0.3 is 0 Å². The van der Waals surface area contributed by atoms with E-state index in [9.17, 15) is 0 Å². The van der Waals surface area contributed by atoms with E-state index in [0.717, 1.165) is 44.4 Å². The molecule has 1 N–H and O–H groups in total. The Hall–Kier alpha value is -1.24. The van der Waals surface area contributed by atoms with E-state index in [1.54, 1.807) is 0 Å². The van der Waals surface area contributed by atoms with E-state index in [1.807, 2.05) is 6.92 Å². The number of hydrogen-bond donors (Lipinski definition) is 1. The van der Waals surface area contributed by atoms with Gasteiger partial charge in [0, 0.05) is 38.2 Å². The minimum Gasteiger partial charge on any atom is -0.394 e. The molecule has 2 aliphatic rings. The van der Waals surface area contributed by atoms with E-state index in [2.05, 4.69) is 20.9 Å². The number of rotatable bonds is 7. The molecule has 3 heterocycles. The zero-order valence-corrected chi connectivity index (χ0v) is 14.8. The quantitative estimate of drug-likeness (QED) is 0.764. The van der Waals surface area contributed by atoms with E-state index in [-0.39, 0.29) is 6.61 Å². The smallest absolute Gasteiger partial charge is 0.132 e. The molecular formula is C18H30N4O2. The summed E-state index contributed by atoms with van der Waals surface area (Å²) < 4.78 is 5.41. The molecule has 2 fully saturated rings. The molecule has 3 rings (SSSR count). The first-order valence-corrected chi connectivity index (χ1v) is 9.28. The molecule has 0 radical (unpaired) electrons. The second-order valence-electron chi connectivity index (χ2n) is 6.87. The number of anilines is 1. The maximum Gasteiger partial charge on any atom is 0.132 e. The zero-order valence-electron chi connectivity index (χ0n) is 14.8. The molecule has 2 aliphatic heterocycles. The van der Waals surface area contributed by atoms with Gasteiger partial charge in [0.1, 0.15) is 11.6 Å². The number of aromatic nitrogens is 2. The van der Waals surface area contributed by atoms with Crippen LogP contribution >= 0.6 is 0 Å². The van der Waals surface area contributed by atoms with Crippen LogP contribution in [0.4, 0.5) is 5.82 Å². The molecule has 0 bridgehead atoms. The average molecular weight is 334 g/mol. The molecule has 1 aromatic heterocycles. The average Bonchev–Trinajstić information content (AvgIpc) is 3.13. The van der Waals surface area contributed by atoms with Crippen LogP contribution < -0.4 is 4.90 Å². The molecule has 6 nitrogen and oxygen atoms in total. The maximum atomic E-state index is 8.78. The fourth-order valence-electron chi connectivity index (χ4n) is 3.75. The highest BCUT2D eigenvalue weighted by molar-refractivity contribution is 5.41. The molecule has 0 amide bonds. The Bertz CT molecular complexity index is 520. The number of nitrogens with zero attached hydrogens (tertiary/aromatic N) is 4. The van der Waals surface area contributed by atoms with Gasteiger partial charge in [-0.1, -0.05) is 0 Å². The zero-order chi connectivity index (χ0) is 16.8. The Morgan fingerprint density at radius 1 is 1.17 bits per heavy atom. The fraction of sp³-hybridized carbons (Fsp3) is 0.778. The number of hydrogen-bond acceptors (Lipinski definition) is 6. The standard InChI is InChI=1S/C18H30N4O2/c1-15-19-17(13-18(20-15)22-7-2-3-8-22)16-5-4-6-21(14-16)9-11-24-12-10-23/h13,16,23H,2-12,14H2,1H3/t16-/m0/s1. The van der Waals surface area contributed by atoms with Gasteiger partial charge in [-0.25, -0.2) is 9.97 Å². The van der Waals surface area contributed by atoms with E-state index in [4.69, 9.17) is 14.8 Å². The summed E-state index contributed by atoms with van der Waals surface area (Å²) >= 11 is 0.